The molecule has 7 heteroatoms. The van der Waals surface area contributed by atoms with E-state index in [1.165, 1.54) is 11.3 Å². The molecule has 0 unspecified atom stereocenters. The van der Waals surface area contributed by atoms with Gasteiger partial charge in [0.1, 0.15) is 11.5 Å². The highest BCUT2D eigenvalue weighted by Gasteiger charge is 2.12. The molecule has 2 N–H and O–H groups in total. The van der Waals surface area contributed by atoms with Crippen LogP contribution in [-0.2, 0) is 0 Å². The molecule has 2 aromatic heterocycles. The Labute approximate surface area is 148 Å². The topological polar surface area (TPSA) is 72.1 Å². The van der Waals surface area contributed by atoms with E-state index < -0.39 is 0 Å². The first-order chi connectivity index (χ1) is 12.3. The molecule has 0 aliphatic rings. The molecule has 0 bridgehead atoms. The summed E-state index contributed by atoms with van der Waals surface area (Å²) < 4.78 is 10.8. The van der Waals surface area contributed by atoms with E-state index in [9.17, 15) is 0 Å². The number of thiazole rings is 1. The summed E-state index contributed by atoms with van der Waals surface area (Å²) >= 11 is 1.54. The van der Waals surface area contributed by atoms with Crippen LogP contribution in [0.2, 0.25) is 0 Å². The van der Waals surface area contributed by atoms with Crippen molar-refractivity contribution in [3.05, 3.63) is 48.0 Å². The molecule has 6 nitrogen and oxygen atoms in total. The molecule has 0 spiro atoms. The van der Waals surface area contributed by atoms with Gasteiger partial charge in [0.05, 0.1) is 31.6 Å². The third-order valence-electron chi connectivity index (χ3n) is 3.88. The second-order valence-corrected chi connectivity index (χ2v) is 6.26. The van der Waals surface area contributed by atoms with Crippen molar-refractivity contribution in [2.75, 3.05) is 19.5 Å². The molecule has 2 heterocycles. The number of ether oxygens (including phenoxy) is 2. The number of anilines is 2. The Kier molecular flexibility index (Phi) is 3.99. The molecule has 25 heavy (non-hydrogen) atoms. The largest absolute Gasteiger partial charge is 0.497 e. The van der Waals surface area contributed by atoms with E-state index in [-0.39, 0.29) is 0 Å². The van der Waals surface area contributed by atoms with Crippen molar-refractivity contribution in [2.24, 2.45) is 0 Å². The maximum absolute atomic E-state index is 5.44. The lowest BCUT2D eigenvalue weighted by Crippen LogP contribution is -1.92. The molecule has 4 aromatic rings. The molecule has 0 atom stereocenters. The van der Waals surface area contributed by atoms with Gasteiger partial charge in [0.2, 0.25) is 0 Å². The first kappa shape index (κ1) is 15.5. The van der Waals surface area contributed by atoms with Gasteiger partial charge in [0.25, 0.3) is 0 Å². The van der Waals surface area contributed by atoms with Crippen LogP contribution in [0.4, 0.5) is 10.8 Å². The number of nitrogens with zero attached hydrogens (tertiary/aromatic N) is 2. The fourth-order valence-electron chi connectivity index (χ4n) is 2.61. The molecule has 0 fully saturated rings. The van der Waals surface area contributed by atoms with Crippen molar-refractivity contribution in [1.82, 2.24) is 15.2 Å². The average molecular weight is 352 g/mol. The lowest BCUT2D eigenvalue weighted by Gasteiger charge is -2.08. The normalized spacial score (nSPS) is 10.8. The van der Waals surface area contributed by atoms with E-state index >= 15 is 0 Å². The predicted molar refractivity (Wildman–Crippen MR) is 100 cm³/mol. The lowest BCUT2D eigenvalue weighted by atomic mass is 10.1. The fourth-order valence-corrected chi connectivity index (χ4v) is 3.34. The summed E-state index contributed by atoms with van der Waals surface area (Å²) in [4.78, 5) is 4.68. The second-order valence-electron chi connectivity index (χ2n) is 5.40. The van der Waals surface area contributed by atoms with E-state index in [1.807, 2.05) is 41.8 Å². The quantitative estimate of drug-likeness (QED) is 0.555. The summed E-state index contributed by atoms with van der Waals surface area (Å²) in [5.74, 6) is 1.53. The fraction of sp³-hybridized carbons (Fsp3) is 0.111. The third-order valence-corrected chi connectivity index (χ3v) is 4.64. The number of aromatic amines is 1. The van der Waals surface area contributed by atoms with E-state index in [0.717, 1.165) is 44.5 Å². The number of rotatable bonds is 5. The molecule has 126 valence electrons. The van der Waals surface area contributed by atoms with Crippen LogP contribution in [0.1, 0.15) is 0 Å². The number of hydrogen-bond donors (Lipinski definition) is 2. The van der Waals surface area contributed by atoms with E-state index in [4.69, 9.17) is 9.47 Å². The summed E-state index contributed by atoms with van der Waals surface area (Å²) in [5.41, 5.74) is 3.71. The lowest BCUT2D eigenvalue weighted by molar-refractivity contribution is 0.404. The molecule has 0 amide bonds. The number of fused-ring (bicyclic) bond motifs is 1. The Morgan fingerprint density at radius 1 is 1.08 bits per heavy atom. The maximum atomic E-state index is 5.44. The van der Waals surface area contributed by atoms with Gasteiger partial charge in [-0.2, -0.15) is 5.10 Å². The van der Waals surface area contributed by atoms with Gasteiger partial charge < -0.3 is 14.8 Å². The third kappa shape index (κ3) is 3.01. The molecule has 0 aliphatic carbocycles. The first-order valence-electron chi connectivity index (χ1n) is 7.65. The molecule has 2 aromatic carbocycles. The molecule has 0 saturated carbocycles. The summed E-state index contributed by atoms with van der Waals surface area (Å²) in [6.07, 6.45) is 1.80. The Balaban J connectivity index is 1.63. The van der Waals surface area contributed by atoms with Gasteiger partial charge >= 0.3 is 0 Å². The average Bonchev–Trinajstić information content (AvgIpc) is 3.30. The highest BCUT2D eigenvalue weighted by molar-refractivity contribution is 7.14. The summed E-state index contributed by atoms with van der Waals surface area (Å²) in [6, 6.07) is 11.7. The minimum absolute atomic E-state index is 0.762. The smallest absolute Gasteiger partial charge is 0.187 e. The van der Waals surface area contributed by atoms with Crippen molar-refractivity contribution < 1.29 is 9.47 Å². The molecular formula is C18H16N4O2S. The van der Waals surface area contributed by atoms with Crippen molar-refractivity contribution >= 4 is 33.1 Å². The highest BCUT2D eigenvalue weighted by atomic mass is 32.1. The number of H-pyrrole nitrogens is 1. The van der Waals surface area contributed by atoms with Gasteiger partial charge in [0, 0.05) is 22.0 Å². The van der Waals surface area contributed by atoms with Gasteiger partial charge in [-0.3, -0.25) is 5.10 Å². The van der Waals surface area contributed by atoms with Crippen LogP contribution < -0.4 is 14.8 Å². The Bertz CT molecular complexity index is 1020. The molecule has 0 saturated heterocycles. The van der Waals surface area contributed by atoms with Gasteiger partial charge in [-0.05, 0) is 36.4 Å². The number of benzene rings is 2. The van der Waals surface area contributed by atoms with Crippen LogP contribution in [0.3, 0.4) is 0 Å². The van der Waals surface area contributed by atoms with Crippen molar-refractivity contribution in [3.63, 3.8) is 0 Å². The van der Waals surface area contributed by atoms with Crippen molar-refractivity contribution in [2.45, 2.75) is 0 Å². The van der Waals surface area contributed by atoms with Gasteiger partial charge in [0.15, 0.2) is 5.13 Å². The van der Waals surface area contributed by atoms with Gasteiger partial charge in [-0.25, -0.2) is 4.98 Å². The van der Waals surface area contributed by atoms with Crippen LogP contribution in [0.25, 0.3) is 22.2 Å². The van der Waals surface area contributed by atoms with E-state index in [1.54, 1.807) is 20.4 Å². The maximum Gasteiger partial charge on any atom is 0.187 e. The Morgan fingerprint density at radius 2 is 2.00 bits per heavy atom. The zero-order valence-electron chi connectivity index (χ0n) is 13.7. The number of nitrogens with one attached hydrogen (secondary N) is 2. The summed E-state index contributed by atoms with van der Waals surface area (Å²) in [5, 5.41) is 14.2. The minimum atomic E-state index is 0.762. The van der Waals surface area contributed by atoms with Crippen LogP contribution in [0, 0.1) is 0 Å². The van der Waals surface area contributed by atoms with Crippen molar-refractivity contribution in [1.29, 1.82) is 0 Å². The SMILES string of the molecule is COc1ccc(OC)c(-c2csc(Nc3ccc4[nH]ncc4c3)n2)c1. The zero-order valence-corrected chi connectivity index (χ0v) is 14.6. The molecular weight excluding hydrogens is 336 g/mol. The standard InChI is InChI=1S/C18H16N4O2S/c1-23-13-4-6-17(24-2)14(8-13)16-10-25-18(21-16)20-12-3-5-15-11(7-12)9-19-22-15/h3-10H,1-2H3,(H,19,22)(H,20,21). The predicted octanol–water partition coefficient (Wildman–Crippen LogP) is 4.45. The van der Waals surface area contributed by atoms with Crippen molar-refractivity contribution in [3.8, 4) is 22.8 Å². The second kappa shape index (κ2) is 6.45. The first-order valence-corrected chi connectivity index (χ1v) is 8.53. The van der Waals surface area contributed by atoms with E-state index in [0.29, 0.717) is 0 Å². The Morgan fingerprint density at radius 3 is 2.84 bits per heavy atom. The zero-order chi connectivity index (χ0) is 17.2. The molecule has 0 aliphatic heterocycles. The number of aromatic nitrogens is 3. The van der Waals surface area contributed by atoms with E-state index in [2.05, 4.69) is 20.5 Å². The Hall–Kier alpha value is -3.06. The summed E-state index contributed by atoms with van der Waals surface area (Å²) in [7, 11) is 3.29. The van der Waals surface area contributed by atoms with Crippen LogP contribution in [-0.4, -0.2) is 29.4 Å². The van der Waals surface area contributed by atoms with Crippen LogP contribution in [0.15, 0.2) is 48.0 Å². The highest BCUT2D eigenvalue weighted by Crippen LogP contribution is 2.35. The van der Waals surface area contributed by atoms with Gasteiger partial charge in [-0.1, -0.05) is 0 Å². The molecule has 4 rings (SSSR count). The number of hydrogen-bond acceptors (Lipinski definition) is 6. The number of methoxy groups -OCH3 is 2. The molecule has 0 radical (unpaired) electrons. The summed E-state index contributed by atoms with van der Waals surface area (Å²) in [6.45, 7) is 0. The minimum Gasteiger partial charge on any atom is -0.497 e. The van der Waals surface area contributed by atoms with Crippen LogP contribution >= 0.6 is 11.3 Å². The monoisotopic (exact) mass is 352 g/mol. The van der Waals surface area contributed by atoms with Gasteiger partial charge in [-0.15, -0.1) is 11.3 Å². The van der Waals surface area contributed by atoms with Crippen LogP contribution in [0.5, 0.6) is 11.5 Å².